The van der Waals surface area contributed by atoms with Gasteiger partial charge in [0.15, 0.2) is 0 Å². The van der Waals surface area contributed by atoms with Gasteiger partial charge in [0.05, 0.1) is 11.3 Å². The molecule has 28 heavy (non-hydrogen) atoms. The van der Waals surface area contributed by atoms with Crippen molar-refractivity contribution in [3.63, 3.8) is 0 Å². The largest absolute Gasteiger partial charge is 0.358 e. The van der Waals surface area contributed by atoms with Crippen molar-refractivity contribution in [1.82, 2.24) is 9.88 Å². The first kappa shape index (κ1) is 18.3. The number of rotatable bonds is 3. The summed E-state index contributed by atoms with van der Waals surface area (Å²) in [5.41, 5.74) is 5.89. The summed E-state index contributed by atoms with van der Waals surface area (Å²) in [5.74, 6) is -0.209. The lowest BCUT2D eigenvalue weighted by molar-refractivity contribution is 0.0793. The van der Waals surface area contributed by atoms with Crippen molar-refractivity contribution >= 4 is 28.4 Å². The third kappa shape index (κ3) is 3.17. The zero-order valence-electron chi connectivity index (χ0n) is 16.6. The van der Waals surface area contributed by atoms with Crippen LogP contribution in [0, 0.1) is 20.8 Å². The summed E-state index contributed by atoms with van der Waals surface area (Å²) in [6.45, 7) is 7.55. The monoisotopic (exact) mass is 375 g/mol. The highest BCUT2D eigenvalue weighted by Crippen LogP contribution is 2.26. The fourth-order valence-corrected chi connectivity index (χ4v) is 3.93. The maximum absolute atomic E-state index is 13.0. The van der Waals surface area contributed by atoms with Crippen LogP contribution in [0.2, 0.25) is 0 Å². The normalized spacial score (nSPS) is 13.9. The number of aromatic amines is 1. The van der Waals surface area contributed by atoms with Gasteiger partial charge in [-0.05, 0) is 69.0 Å². The number of amides is 2. The number of aryl methyl sites for hydroxylation is 3. The highest BCUT2D eigenvalue weighted by molar-refractivity contribution is 6.10. The van der Waals surface area contributed by atoms with Crippen LogP contribution in [-0.4, -0.2) is 34.8 Å². The first-order chi connectivity index (χ1) is 13.5. The van der Waals surface area contributed by atoms with Crippen LogP contribution in [0.3, 0.4) is 0 Å². The maximum atomic E-state index is 13.0. The van der Waals surface area contributed by atoms with Crippen molar-refractivity contribution in [2.75, 3.05) is 18.4 Å². The van der Waals surface area contributed by atoms with Crippen molar-refractivity contribution in [3.05, 3.63) is 64.3 Å². The Bertz CT molecular complexity index is 1070. The molecule has 0 atom stereocenters. The molecule has 0 bridgehead atoms. The highest BCUT2D eigenvalue weighted by Gasteiger charge is 2.24. The molecule has 1 saturated heterocycles. The molecule has 0 aliphatic carbocycles. The molecular weight excluding hydrogens is 350 g/mol. The zero-order chi connectivity index (χ0) is 19.8. The quantitative estimate of drug-likeness (QED) is 0.704. The van der Waals surface area contributed by atoms with Crippen molar-refractivity contribution in [2.24, 2.45) is 0 Å². The van der Waals surface area contributed by atoms with Crippen molar-refractivity contribution in [2.45, 2.75) is 33.6 Å². The number of hydrogen-bond acceptors (Lipinski definition) is 2. The van der Waals surface area contributed by atoms with Crippen LogP contribution in [0.15, 0.2) is 36.4 Å². The van der Waals surface area contributed by atoms with Gasteiger partial charge in [-0.3, -0.25) is 9.59 Å². The first-order valence-corrected chi connectivity index (χ1v) is 9.75. The molecule has 1 aliphatic heterocycles. The third-order valence-electron chi connectivity index (χ3n) is 5.70. The molecule has 5 nitrogen and oxygen atoms in total. The Morgan fingerprint density at radius 1 is 1.04 bits per heavy atom. The fourth-order valence-electron chi connectivity index (χ4n) is 3.93. The van der Waals surface area contributed by atoms with Crippen LogP contribution in [0.25, 0.3) is 10.9 Å². The van der Waals surface area contributed by atoms with Gasteiger partial charge in [0.1, 0.15) is 0 Å². The van der Waals surface area contributed by atoms with Crippen LogP contribution >= 0.6 is 0 Å². The van der Waals surface area contributed by atoms with E-state index in [1.54, 1.807) is 6.07 Å². The molecule has 4 rings (SSSR count). The summed E-state index contributed by atoms with van der Waals surface area (Å²) < 4.78 is 0. The minimum atomic E-state index is -0.207. The van der Waals surface area contributed by atoms with Gasteiger partial charge in [-0.1, -0.05) is 12.1 Å². The summed E-state index contributed by atoms with van der Waals surface area (Å²) in [7, 11) is 0. The SMILES string of the molecule is Cc1cccc(NC(=O)c2ccc3[nH]c(C)c(C)c3c2)c1C(=O)N1CCCC1. The predicted molar refractivity (Wildman–Crippen MR) is 112 cm³/mol. The molecule has 0 saturated carbocycles. The molecule has 144 valence electrons. The van der Waals surface area contributed by atoms with Gasteiger partial charge in [0.2, 0.25) is 0 Å². The lowest BCUT2D eigenvalue weighted by Gasteiger charge is -2.19. The molecule has 2 amide bonds. The number of hydrogen-bond donors (Lipinski definition) is 2. The Morgan fingerprint density at radius 3 is 2.54 bits per heavy atom. The van der Waals surface area contributed by atoms with Gasteiger partial charge in [0.25, 0.3) is 11.8 Å². The average Bonchev–Trinajstić information content (AvgIpc) is 3.30. The smallest absolute Gasteiger partial charge is 0.256 e. The van der Waals surface area contributed by atoms with E-state index in [1.807, 2.05) is 56.0 Å². The number of aromatic nitrogens is 1. The van der Waals surface area contributed by atoms with Crippen LogP contribution in [0.5, 0.6) is 0 Å². The summed E-state index contributed by atoms with van der Waals surface area (Å²) in [4.78, 5) is 31.1. The number of carbonyl (C=O) groups is 2. The van der Waals surface area contributed by atoms with Gasteiger partial charge < -0.3 is 15.2 Å². The molecule has 2 aromatic carbocycles. The number of nitrogens with one attached hydrogen (secondary N) is 2. The Morgan fingerprint density at radius 2 is 1.79 bits per heavy atom. The minimum absolute atomic E-state index is 0.00143. The van der Waals surface area contributed by atoms with E-state index >= 15 is 0 Å². The third-order valence-corrected chi connectivity index (χ3v) is 5.70. The van der Waals surface area contributed by atoms with Crippen molar-refractivity contribution < 1.29 is 9.59 Å². The van der Waals surface area contributed by atoms with Crippen molar-refractivity contribution in [1.29, 1.82) is 0 Å². The van der Waals surface area contributed by atoms with Crippen LogP contribution in [0.4, 0.5) is 5.69 Å². The van der Waals surface area contributed by atoms with E-state index in [-0.39, 0.29) is 11.8 Å². The first-order valence-electron chi connectivity index (χ1n) is 9.75. The van der Waals surface area contributed by atoms with Gasteiger partial charge in [0, 0.05) is 35.2 Å². The van der Waals surface area contributed by atoms with Crippen LogP contribution in [0.1, 0.15) is 50.4 Å². The van der Waals surface area contributed by atoms with Gasteiger partial charge in [-0.15, -0.1) is 0 Å². The molecule has 0 radical (unpaired) electrons. The molecular formula is C23H25N3O2. The topological polar surface area (TPSA) is 65.2 Å². The number of carbonyl (C=O) groups excluding carboxylic acids is 2. The summed E-state index contributed by atoms with van der Waals surface area (Å²) in [6.07, 6.45) is 2.07. The number of H-pyrrole nitrogens is 1. The number of anilines is 1. The average molecular weight is 375 g/mol. The Kier molecular flexibility index (Phi) is 4.67. The van der Waals surface area contributed by atoms with Crippen molar-refractivity contribution in [3.8, 4) is 0 Å². The fraction of sp³-hybridized carbons (Fsp3) is 0.304. The molecule has 1 fully saturated rings. The van der Waals surface area contributed by atoms with E-state index in [1.165, 1.54) is 0 Å². The van der Waals surface area contributed by atoms with Gasteiger partial charge in [-0.25, -0.2) is 0 Å². The number of likely N-dealkylation sites (tertiary alicyclic amines) is 1. The maximum Gasteiger partial charge on any atom is 0.256 e. The van der Waals surface area contributed by atoms with Gasteiger partial charge >= 0.3 is 0 Å². The van der Waals surface area contributed by atoms with E-state index in [0.29, 0.717) is 16.8 Å². The summed E-state index contributed by atoms with van der Waals surface area (Å²) in [5, 5.41) is 4.01. The van der Waals surface area contributed by atoms with Gasteiger partial charge in [-0.2, -0.15) is 0 Å². The summed E-state index contributed by atoms with van der Waals surface area (Å²) >= 11 is 0. The Labute approximate surface area is 164 Å². The van der Waals surface area contributed by atoms with E-state index in [0.717, 1.165) is 53.7 Å². The molecule has 1 aliphatic rings. The number of benzene rings is 2. The predicted octanol–water partition coefficient (Wildman–Crippen LogP) is 4.58. The molecule has 1 aromatic heterocycles. The molecule has 2 heterocycles. The van der Waals surface area contributed by atoms with Crippen LogP contribution in [-0.2, 0) is 0 Å². The van der Waals surface area contributed by atoms with E-state index in [2.05, 4.69) is 10.3 Å². The summed E-state index contributed by atoms with van der Waals surface area (Å²) in [6, 6.07) is 11.2. The zero-order valence-corrected chi connectivity index (χ0v) is 16.6. The highest BCUT2D eigenvalue weighted by atomic mass is 16.2. The standard InChI is InChI=1S/C23H25N3O2/c1-14-7-6-8-20(21(14)23(28)26-11-4-5-12-26)25-22(27)17-9-10-19-18(13-17)15(2)16(3)24-19/h6-10,13,24H,4-5,11-12H2,1-3H3,(H,25,27). The van der Waals surface area contributed by atoms with E-state index in [9.17, 15) is 9.59 Å². The molecule has 0 spiro atoms. The molecule has 3 aromatic rings. The van der Waals surface area contributed by atoms with E-state index in [4.69, 9.17) is 0 Å². The lowest BCUT2D eigenvalue weighted by atomic mass is 10.0. The second-order valence-corrected chi connectivity index (χ2v) is 7.59. The number of nitrogens with zero attached hydrogens (tertiary/aromatic N) is 1. The lowest BCUT2D eigenvalue weighted by Crippen LogP contribution is -2.29. The van der Waals surface area contributed by atoms with E-state index < -0.39 is 0 Å². The second kappa shape index (κ2) is 7.15. The minimum Gasteiger partial charge on any atom is -0.358 e. The Balaban J connectivity index is 1.65. The second-order valence-electron chi connectivity index (χ2n) is 7.59. The van der Waals surface area contributed by atoms with Crippen LogP contribution < -0.4 is 5.32 Å². The Hall–Kier alpha value is -3.08. The molecule has 0 unspecified atom stereocenters. The molecule has 5 heteroatoms. The number of fused-ring (bicyclic) bond motifs is 1. The molecule has 2 N–H and O–H groups in total.